The fourth-order valence-corrected chi connectivity index (χ4v) is 2.49. The number of piperidine rings is 1. The molecular formula is C8H15FIN. The van der Waals surface area contributed by atoms with Crippen LogP contribution in [0.5, 0.6) is 0 Å². The zero-order valence-electron chi connectivity index (χ0n) is 7.06. The fraction of sp³-hybridized carbons (Fsp3) is 1.00. The van der Waals surface area contributed by atoms with Crippen LogP contribution in [0.2, 0.25) is 0 Å². The molecule has 11 heavy (non-hydrogen) atoms. The van der Waals surface area contributed by atoms with Gasteiger partial charge in [-0.15, -0.1) is 0 Å². The molecule has 1 aliphatic rings. The number of rotatable bonds is 1. The predicted molar refractivity (Wildman–Crippen MR) is 54.0 cm³/mol. The van der Waals surface area contributed by atoms with E-state index in [2.05, 4.69) is 41.3 Å². The van der Waals surface area contributed by atoms with E-state index in [0.717, 1.165) is 13.0 Å². The Hall–Kier alpha value is 0.620. The van der Waals surface area contributed by atoms with Gasteiger partial charge < -0.3 is 0 Å². The van der Waals surface area contributed by atoms with Gasteiger partial charge in [0.05, 0.1) is 0 Å². The minimum Gasteiger partial charge on any atom is -0.297 e. The molecule has 1 rings (SSSR count). The molecule has 1 heterocycles. The summed E-state index contributed by atoms with van der Waals surface area (Å²) in [6.07, 6.45) is 0.136. The maximum absolute atomic E-state index is 13.0. The molecule has 1 nitrogen and oxygen atoms in total. The van der Waals surface area contributed by atoms with Crippen LogP contribution < -0.4 is 0 Å². The molecule has 1 fully saturated rings. The first-order chi connectivity index (χ1) is 5.09. The monoisotopic (exact) mass is 271 g/mol. The molecule has 1 aliphatic heterocycles. The van der Waals surface area contributed by atoms with E-state index in [4.69, 9.17) is 0 Å². The van der Waals surface area contributed by atoms with Gasteiger partial charge in [-0.1, -0.05) is 22.6 Å². The second-order valence-electron chi connectivity index (χ2n) is 3.48. The van der Waals surface area contributed by atoms with Gasteiger partial charge in [0.1, 0.15) is 6.17 Å². The van der Waals surface area contributed by atoms with Crippen LogP contribution in [0.4, 0.5) is 4.39 Å². The van der Waals surface area contributed by atoms with E-state index in [9.17, 15) is 4.39 Å². The number of alkyl halides is 2. The summed E-state index contributed by atoms with van der Waals surface area (Å²) in [6, 6.07) is 0.491. The van der Waals surface area contributed by atoms with Crippen LogP contribution in [-0.2, 0) is 0 Å². The van der Waals surface area contributed by atoms with E-state index in [1.165, 1.54) is 0 Å². The molecule has 0 amide bonds. The maximum Gasteiger partial charge on any atom is 0.114 e. The lowest BCUT2D eigenvalue weighted by Crippen LogP contribution is -2.45. The van der Waals surface area contributed by atoms with Gasteiger partial charge in [0.2, 0.25) is 0 Å². The highest BCUT2D eigenvalue weighted by atomic mass is 127. The molecule has 0 radical (unpaired) electrons. The molecular weight excluding hydrogens is 256 g/mol. The highest BCUT2D eigenvalue weighted by Crippen LogP contribution is 2.21. The molecule has 0 aromatic carbocycles. The summed E-state index contributed by atoms with van der Waals surface area (Å²) in [5.41, 5.74) is 0. The molecule has 0 N–H and O–H groups in total. The zero-order chi connectivity index (χ0) is 8.43. The Balaban J connectivity index is 2.43. The fourth-order valence-electron chi connectivity index (χ4n) is 1.43. The summed E-state index contributed by atoms with van der Waals surface area (Å²) in [5.74, 6) is 0. The van der Waals surface area contributed by atoms with Crippen LogP contribution in [0, 0.1) is 0 Å². The standard InChI is InChI=1S/C8H15FIN/c1-6(2)11-4-7(9)3-8(10)5-11/h6-8H,3-5H2,1-2H3/t7?,8-/m1/s1. The molecule has 1 saturated heterocycles. The first-order valence-corrected chi connectivity index (χ1v) is 5.36. The van der Waals surface area contributed by atoms with Crippen LogP contribution in [-0.4, -0.2) is 34.1 Å². The van der Waals surface area contributed by atoms with Crippen LogP contribution in [0.25, 0.3) is 0 Å². The zero-order valence-corrected chi connectivity index (χ0v) is 9.21. The number of halogens is 2. The summed E-state index contributed by atoms with van der Waals surface area (Å²) in [4.78, 5) is 2.21. The normalized spacial score (nSPS) is 34.6. The van der Waals surface area contributed by atoms with Crippen molar-refractivity contribution in [3.8, 4) is 0 Å². The number of hydrogen-bond acceptors (Lipinski definition) is 1. The van der Waals surface area contributed by atoms with Crippen LogP contribution in [0.3, 0.4) is 0 Å². The van der Waals surface area contributed by atoms with Crippen molar-refractivity contribution in [2.45, 2.75) is 36.4 Å². The van der Waals surface area contributed by atoms with Gasteiger partial charge in [-0.3, -0.25) is 4.90 Å². The Bertz CT molecular complexity index is 119. The van der Waals surface area contributed by atoms with Gasteiger partial charge in [-0.05, 0) is 20.3 Å². The van der Waals surface area contributed by atoms with Crippen molar-refractivity contribution in [2.24, 2.45) is 0 Å². The Labute approximate surface area is 81.5 Å². The molecule has 0 aromatic rings. The quantitative estimate of drug-likeness (QED) is 0.522. The largest absolute Gasteiger partial charge is 0.297 e. The predicted octanol–water partition coefficient (Wildman–Crippen LogP) is 2.24. The highest BCUT2D eigenvalue weighted by Gasteiger charge is 2.26. The van der Waals surface area contributed by atoms with Gasteiger partial charge in [0, 0.05) is 23.1 Å². The molecule has 3 heteroatoms. The Kier molecular flexibility index (Phi) is 3.55. The van der Waals surface area contributed by atoms with Crippen LogP contribution >= 0.6 is 22.6 Å². The van der Waals surface area contributed by atoms with Gasteiger partial charge in [0.25, 0.3) is 0 Å². The molecule has 2 atom stereocenters. The van der Waals surface area contributed by atoms with Gasteiger partial charge in [-0.25, -0.2) is 4.39 Å². The molecule has 0 spiro atoms. The molecule has 0 aromatic heterocycles. The lowest BCUT2D eigenvalue weighted by molar-refractivity contribution is 0.119. The highest BCUT2D eigenvalue weighted by molar-refractivity contribution is 14.1. The third-order valence-electron chi connectivity index (χ3n) is 2.11. The van der Waals surface area contributed by atoms with Crippen molar-refractivity contribution in [1.82, 2.24) is 4.90 Å². The topological polar surface area (TPSA) is 3.24 Å². The van der Waals surface area contributed by atoms with E-state index < -0.39 is 6.17 Å². The molecule has 1 unspecified atom stereocenters. The van der Waals surface area contributed by atoms with Crippen molar-refractivity contribution < 1.29 is 4.39 Å². The molecule has 0 saturated carbocycles. The number of hydrogen-bond donors (Lipinski definition) is 0. The van der Waals surface area contributed by atoms with Crippen molar-refractivity contribution >= 4 is 22.6 Å². The third kappa shape index (κ3) is 2.86. The Morgan fingerprint density at radius 1 is 1.45 bits per heavy atom. The lowest BCUT2D eigenvalue weighted by Gasteiger charge is -2.34. The van der Waals surface area contributed by atoms with Crippen LogP contribution in [0.15, 0.2) is 0 Å². The smallest absolute Gasteiger partial charge is 0.114 e. The van der Waals surface area contributed by atoms with Gasteiger partial charge in [-0.2, -0.15) is 0 Å². The summed E-state index contributed by atoms with van der Waals surface area (Å²) in [6.45, 7) is 5.94. The average molecular weight is 271 g/mol. The molecule has 0 aliphatic carbocycles. The first-order valence-electron chi connectivity index (χ1n) is 4.11. The average Bonchev–Trinajstić information content (AvgIpc) is 1.85. The minimum absolute atomic E-state index is 0.491. The van der Waals surface area contributed by atoms with Crippen molar-refractivity contribution in [2.75, 3.05) is 13.1 Å². The van der Waals surface area contributed by atoms with E-state index in [1.807, 2.05) is 0 Å². The summed E-state index contributed by atoms with van der Waals surface area (Å²) in [5, 5.41) is 0. The van der Waals surface area contributed by atoms with E-state index in [-0.39, 0.29) is 0 Å². The molecule has 66 valence electrons. The lowest BCUT2D eigenvalue weighted by atomic mass is 10.1. The van der Waals surface area contributed by atoms with E-state index in [0.29, 0.717) is 16.5 Å². The summed E-state index contributed by atoms with van der Waals surface area (Å²) < 4.78 is 13.5. The van der Waals surface area contributed by atoms with Crippen molar-refractivity contribution in [3.05, 3.63) is 0 Å². The SMILES string of the molecule is CC(C)N1CC(F)C[C@@H](I)C1. The first kappa shape index (κ1) is 9.71. The Morgan fingerprint density at radius 3 is 2.55 bits per heavy atom. The van der Waals surface area contributed by atoms with E-state index >= 15 is 0 Å². The second-order valence-corrected chi connectivity index (χ2v) is 5.24. The Morgan fingerprint density at radius 2 is 2.09 bits per heavy atom. The number of nitrogens with zero attached hydrogens (tertiary/aromatic N) is 1. The summed E-state index contributed by atoms with van der Waals surface area (Å²) >= 11 is 2.34. The summed E-state index contributed by atoms with van der Waals surface area (Å²) in [7, 11) is 0. The van der Waals surface area contributed by atoms with Gasteiger partial charge in [0.15, 0.2) is 0 Å². The van der Waals surface area contributed by atoms with Crippen LogP contribution in [0.1, 0.15) is 20.3 Å². The second kappa shape index (κ2) is 4.03. The van der Waals surface area contributed by atoms with Gasteiger partial charge >= 0.3 is 0 Å². The third-order valence-corrected chi connectivity index (χ3v) is 3.01. The van der Waals surface area contributed by atoms with Crippen molar-refractivity contribution in [3.63, 3.8) is 0 Å². The molecule has 0 bridgehead atoms. The van der Waals surface area contributed by atoms with E-state index in [1.54, 1.807) is 0 Å². The minimum atomic E-state index is -0.604. The maximum atomic E-state index is 13.0. The van der Waals surface area contributed by atoms with Crippen molar-refractivity contribution in [1.29, 1.82) is 0 Å². The number of likely N-dealkylation sites (tertiary alicyclic amines) is 1.